The second-order valence-corrected chi connectivity index (χ2v) is 4.24. The molecule has 76 valence electrons. The predicted octanol–water partition coefficient (Wildman–Crippen LogP) is 2.65. The van der Waals surface area contributed by atoms with Crippen LogP contribution in [-0.4, -0.2) is 18.5 Å². The van der Waals surface area contributed by atoms with Crippen molar-refractivity contribution in [2.45, 2.75) is 6.54 Å². The van der Waals surface area contributed by atoms with Gasteiger partial charge in [0.25, 0.3) is 0 Å². The number of nitrogen functional groups attached to an aromatic ring is 1. The van der Waals surface area contributed by atoms with Gasteiger partial charge in [-0.3, -0.25) is 4.90 Å². The molecule has 0 aliphatic carbocycles. The van der Waals surface area contributed by atoms with Crippen molar-refractivity contribution in [1.82, 2.24) is 4.90 Å². The minimum Gasteiger partial charge on any atom is -0.398 e. The van der Waals surface area contributed by atoms with Gasteiger partial charge in [0.2, 0.25) is 0 Å². The van der Waals surface area contributed by atoms with Crippen LogP contribution < -0.4 is 5.73 Å². The predicted molar refractivity (Wildman–Crippen MR) is 65.1 cm³/mol. The van der Waals surface area contributed by atoms with E-state index in [2.05, 4.69) is 27.4 Å². The number of nitrogens with zero attached hydrogens (tertiary/aromatic N) is 1. The Balaban J connectivity index is 2.71. The van der Waals surface area contributed by atoms with E-state index >= 15 is 0 Å². The average Bonchev–Trinajstić information content (AvgIpc) is 2.10. The highest BCUT2D eigenvalue weighted by molar-refractivity contribution is 9.10. The third kappa shape index (κ3) is 3.16. The maximum absolute atomic E-state index is 5.88. The third-order valence-corrected chi connectivity index (χ3v) is 2.48. The molecule has 0 aliphatic rings. The number of rotatable bonds is 4. The van der Waals surface area contributed by atoms with Gasteiger partial charge in [0, 0.05) is 23.2 Å². The van der Waals surface area contributed by atoms with E-state index in [1.807, 2.05) is 31.3 Å². The van der Waals surface area contributed by atoms with E-state index in [1.165, 1.54) is 0 Å². The zero-order valence-electron chi connectivity index (χ0n) is 8.33. The van der Waals surface area contributed by atoms with Gasteiger partial charge in [-0.15, -0.1) is 6.58 Å². The number of hydrogen-bond donors (Lipinski definition) is 1. The third-order valence-electron chi connectivity index (χ3n) is 1.99. The lowest BCUT2D eigenvalue weighted by Gasteiger charge is -2.15. The maximum atomic E-state index is 5.88. The molecule has 2 nitrogen and oxygen atoms in total. The lowest BCUT2D eigenvalue weighted by molar-refractivity contribution is 0.364. The Morgan fingerprint density at radius 2 is 2.29 bits per heavy atom. The molecule has 0 atom stereocenters. The molecule has 0 amide bonds. The van der Waals surface area contributed by atoms with Gasteiger partial charge in [0.15, 0.2) is 0 Å². The van der Waals surface area contributed by atoms with E-state index in [0.29, 0.717) is 0 Å². The van der Waals surface area contributed by atoms with E-state index < -0.39 is 0 Å². The lowest BCUT2D eigenvalue weighted by Crippen LogP contribution is -2.18. The first-order valence-electron chi connectivity index (χ1n) is 4.47. The molecule has 0 aliphatic heterocycles. The Morgan fingerprint density at radius 3 is 2.86 bits per heavy atom. The quantitative estimate of drug-likeness (QED) is 0.662. The van der Waals surface area contributed by atoms with E-state index in [4.69, 9.17) is 5.73 Å². The first-order chi connectivity index (χ1) is 6.63. The molecule has 0 heterocycles. The normalized spacial score (nSPS) is 10.5. The van der Waals surface area contributed by atoms with Crippen molar-refractivity contribution >= 4 is 21.6 Å². The van der Waals surface area contributed by atoms with E-state index in [1.54, 1.807) is 0 Å². The Bertz CT molecular complexity index is 323. The largest absolute Gasteiger partial charge is 0.398 e. The van der Waals surface area contributed by atoms with Crippen LogP contribution in [0.5, 0.6) is 0 Å². The molecule has 0 fully saturated rings. The van der Waals surface area contributed by atoms with Gasteiger partial charge < -0.3 is 5.73 Å². The number of nitrogens with two attached hydrogens (primary N) is 1. The van der Waals surface area contributed by atoms with Crippen LogP contribution in [-0.2, 0) is 6.54 Å². The van der Waals surface area contributed by atoms with E-state index in [0.717, 1.165) is 28.8 Å². The topological polar surface area (TPSA) is 29.3 Å². The molecule has 0 spiro atoms. The van der Waals surface area contributed by atoms with E-state index in [-0.39, 0.29) is 0 Å². The van der Waals surface area contributed by atoms with Gasteiger partial charge in [0.1, 0.15) is 0 Å². The molecular formula is C11H15BrN2. The first kappa shape index (κ1) is 11.3. The summed E-state index contributed by atoms with van der Waals surface area (Å²) in [5, 5.41) is 0. The number of anilines is 1. The summed E-state index contributed by atoms with van der Waals surface area (Å²) in [7, 11) is 2.04. The molecular weight excluding hydrogens is 240 g/mol. The zero-order valence-corrected chi connectivity index (χ0v) is 9.92. The molecule has 14 heavy (non-hydrogen) atoms. The van der Waals surface area contributed by atoms with Crippen LogP contribution >= 0.6 is 15.9 Å². The van der Waals surface area contributed by atoms with Crippen molar-refractivity contribution < 1.29 is 0 Å². The fourth-order valence-corrected chi connectivity index (χ4v) is 1.66. The summed E-state index contributed by atoms with van der Waals surface area (Å²) in [6.07, 6.45) is 1.88. The van der Waals surface area contributed by atoms with Crippen molar-refractivity contribution in [3.05, 3.63) is 40.9 Å². The lowest BCUT2D eigenvalue weighted by atomic mass is 10.2. The molecule has 0 saturated carbocycles. The smallest absolute Gasteiger partial charge is 0.0371 e. The molecule has 2 N–H and O–H groups in total. The first-order valence-corrected chi connectivity index (χ1v) is 5.26. The van der Waals surface area contributed by atoms with Crippen molar-refractivity contribution in [1.29, 1.82) is 0 Å². The zero-order chi connectivity index (χ0) is 10.6. The molecule has 3 heteroatoms. The summed E-state index contributed by atoms with van der Waals surface area (Å²) in [5.41, 5.74) is 7.86. The van der Waals surface area contributed by atoms with Crippen molar-refractivity contribution in [3.8, 4) is 0 Å². The van der Waals surface area contributed by atoms with E-state index in [9.17, 15) is 0 Å². The summed E-state index contributed by atoms with van der Waals surface area (Å²) in [6.45, 7) is 5.42. The highest BCUT2D eigenvalue weighted by atomic mass is 79.9. The molecule has 0 unspecified atom stereocenters. The summed E-state index contributed by atoms with van der Waals surface area (Å²) >= 11 is 3.38. The summed E-state index contributed by atoms with van der Waals surface area (Å²) in [4.78, 5) is 2.16. The number of benzene rings is 1. The summed E-state index contributed by atoms with van der Waals surface area (Å²) < 4.78 is 1.02. The second kappa shape index (κ2) is 5.17. The Hall–Kier alpha value is -0.800. The fraction of sp³-hybridized carbons (Fsp3) is 0.273. The SMILES string of the molecule is C=CCN(C)Cc1ccc(Br)cc1N. The maximum Gasteiger partial charge on any atom is 0.0371 e. The van der Waals surface area contributed by atoms with Crippen LogP contribution in [0.2, 0.25) is 0 Å². The minimum absolute atomic E-state index is 0.829. The minimum atomic E-state index is 0.829. The van der Waals surface area contributed by atoms with Crippen LogP contribution in [0, 0.1) is 0 Å². The highest BCUT2D eigenvalue weighted by Crippen LogP contribution is 2.19. The van der Waals surface area contributed by atoms with Gasteiger partial charge in [-0.1, -0.05) is 28.1 Å². The van der Waals surface area contributed by atoms with Crippen LogP contribution in [0.25, 0.3) is 0 Å². The Labute approximate surface area is 93.5 Å². The molecule has 0 radical (unpaired) electrons. The van der Waals surface area contributed by atoms with Crippen molar-refractivity contribution in [2.24, 2.45) is 0 Å². The van der Waals surface area contributed by atoms with Gasteiger partial charge >= 0.3 is 0 Å². The monoisotopic (exact) mass is 254 g/mol. The molecule has 0 bridgehead atoms. The van der Waals surface area contributed by atoms with Crippen LogP contribution in [0.4, 0.5) is 5.69 Å². The Morgan fingerprint density at radius 1 is 1.57 bits per heavy atom. The van der Waals surface area contributed by atoms with Crippen LogP contribution in [0.3, 0.4) is 0 Å². The number of hydrogen-bond acceptors (Lipinski definition) is 2. The molecule has 0 aromatic heterocycles. The average molecular weight is 255 g/mol. The van der Waals surface area contributed by atoms with Crippen molar-refractivity contribution in [2.75, 3.05) is 19.3 Å². The number of halogens is 1. The van der Waals surface area contributed by atoms with Gasteiger partial charge in [-0.2, -0.15) is 0 Å². The van der Waals surface area contributed by atoms with Crippen molar-refractivity contribution in [3.63, 3.8) is 0 Å². The molecule has 1 aromatic rings. The van der Waals surface area contributed by atoms with Gasteiger partial charge in [-0.25, -0.2) is 0 Å². The highest BCUT2D eigenvalue weighted by Gasteiger charge is 2.02. The van der Waals surface area contributed by atoms with Crippen LogP contribution in [0.15, 0.2) is 35.3 Å². The van der Waals surface area contributed by atoms with Crippen LogP contribution in [0.1, 0.15) is 5.56 Å². The molecule has 1 rings (SSSR count). The van der Waals surface area contributed by atoms with Gasteiger partial charge in [-0.05, 0) is 24.7 Å². The Kier molecular flexibility index (Phi) is 4.17. The fourth-order valence-electron chi connectivity index (χ4n) is 1.29. The standard InChI is InChI=1S/C11H15BrN2/c1-3-6-14(2)8-9-4-5-10(12)7-11(9)13/h3-5,7H,1,6,8,13H2,2H3. The van der Waals surface area contributed by atoms with Gasteiger partial charge in [0.05, 0.1) is 0 Å². The molecule has 1 aromatic carbocycles. The number of likely N-dealkylation sites (N-methyl/N-ethyl adjacent to an activating group) is 1. The summed E-state index contributed by atoms with van der Waals surface area (Å²) in [5.74, 6) is 0. The second-order valence-electron chi connectivity index (χ2n) is 3.33. The molecule has 0 saturated heterocycles. The summed E-state index contributed by atoms with van der Waals surface area (Å²) in [6, 6.07) is 5.98.